The van der Waals surface area contributed by atoms with Crippen LogP contribution in [0.25, 0.3) is 28.3 Å². The molecule has 0 atom stereocenters. The molecular formula is C24H19Cl2N3O2. The molecule has 4 aromatic rings. The third kappa shape index (κ3) is 4.20. The monoisotopic (exact) mass is 451 g/mol. The van der Waals surface area contributed by atoms with Crippen LogP contribution in [0.3, 0.4) is 0 Å². The highest BCUT2D eigenvalue weighted by atomic mass is 35.5. The van der Waals surface area contributed by atoms with Gasteiger partial charge in [0.15, 0.2) is 5.69 Å². The molecule has 156 valence electrons. The maximum atomic E-state index is 12.9. The first-order valence-electron chi connectivity index (χ1n) is 9.72. The van der Waals surface area contributed by atoms with Crippen LogP contribution in [-0.2, 0) is 4.74 Å². The number of imidazole rings is 1. The molecule has 0 N–H and O–H groups in total. The van der Waals surface area contributed by atoms with Gasteiger partial charge in [-0.1, -0.05) is 41.4 Å². The van der Waals surface area contributed by atoms with Gasteiger partial charge in [-0.05, 0) is 55.8 Å². The predicted molar refractivity (Wildman–Crippen MR) is 123 cm³/mol. The van der Waals surface area contributed by atoms with Crippen molar-refractivity contribution in [1.82, 2.24) is 14.5 Å². The summed E-state index contributed by atoms with van der Waals surface area (Å²) in [6.45, 7) is 3.97. The van der Waals surface area contributed by atoms with Crippen LogP contribution in [0, 0.1) is 6.92 Å². The zero-order valence-corrected chi connectivity index (χ0v) is 18.5. The highest BCUT2D eigenvalue weighted by Gasteiger charge is 2.27. The largest absolute Gasteiger partial charge is 0.461 e. The lowest BCUT2D eigenvalue weighted by atomic mass is 10.1. The van der Waals surface area contributed by atoms with E-state index in [-0.39, 0.29) is 12.3 Å². The van der Waals surface area contributed by atoms with E-state index in [9.17, 15) is 4.79 Å². The molecule has 0 amide bonds. The van der Waals surface area contributed by atoms with Crippen molar-refractivity contribution < 1.29 is 9.53 Å². The van der Waals surface area contributed by atoms with E-state index in [1.165, 1.54) is 0 Å². The van der Waals surface area contributed by atoms with Gasteiger partial charge in [-0.3, -0.25) is 9.55 Å². The standard InChI is InChI=1S/C24H19Cl2N3O2/c1-3-31-24(30)21-22(16-6-4-8-18(25)12-16)29(20-13-19(26)10-9-15(20)2)23(28-21)17-7-5-11-27-14-17/h4-14H,3H2,1-2H3. The molecule has 0 aliphatic rings. The molecule has 4 rings (SSSR count). The van der Waals surface area contributed by atoms with Crippen molar-refractivity contribution >= 4 is 29.2 Å². The van der Waals surface area contributed by atoms with Gasteiger partial charge in [-0.15, -0.1) is 0 Å². The fourth-order valence-corrected chi connectivity index (χ4v) is 3.77. The summed E-state index contributed by atoms with van der Waals surface area (Å²) in [6, 6.07) is 16.6. The Balaban J connectivity index is 2.13. The van der Waals surface area contributed by atoms with Gasteiger partial charge in [0.05, 0.1) is 18.0 Å². The minimum atomic E-state index is -0.513. The quantitative estimate of drug-likeness (QED) is 0.329. The minimum absolute atomic E-state index is 0.197. The van der Waals surface area contributed by atoms with E-state index in [0.717, 1.165) is 22.4 Å². The molecule has 7 heteroatoms. The summed E-state index contributed by atoms with van der Waals surface area (Å²) in [4.78, 5) is 21.9. The molecule has 2 aromatic heterocycles. The predicted octanol–water partition coefficient (Wildman–Crippen LogP) is 6.39. The second-order valence-corrected chi connectivity index (χ2v) is 7.74. The van der Waals surface area contributed by atoms with Crippen molar-refractivity contribution in [1.29, 1.82) is 0 Å². The summed E-state index contributed by atoms with van der Waals surface area (Å²) in [6.07, 6.45) is 3.39. The van der Waals surface area contributed by atoms with E-state index in [2.05, 4.69) is 4.98 Å². The number of rotatable bonds is 5. The van der Waals surface area contributed by atoms with Gasteiger partial charge < -0.3 is 4.74 Å². The van der Waals surface area contributed by atoms with Crippen LogP contribution >= 0.6 is 23.2 Å². The summed E-state index contributed by atoms with van der Waals surface area (Å²) in [5.74, 6) is 0.0394. The molecular weight excluding hydrogens is 433 g/mol. The van der Waals surface area contributed by atoms with E-state index in [1.54, 1.807) is 31.5 Å². The lowest BCUT2D eigenvalue weighted by Crippen LogP contribution is -2.08. The number of hydrogen-bond donors (Lipinski definition) is 0. The number of esters is 1. The molecule has 31 heavy (non-hydrogen) atoms. The third-order valence-corrected chi connectivity index (χ3v) is 5.25. The van der Waals surface area contributed by atoms with Crippen LogP contribution < -0.4 is 0 Å². The second-order valence-electron chi connectivity index (χ2n) is 6.87. The van der Waals surface area contributed by atoms with E-state index < -0.39 is 5.97 Å². The summed E-state index contributed by atoms with van der Waals surface area (Å²) in [5.41, 5.74) is 4.01. The molecule has 0 fully saturated rings. The zero-order valence-electron chi connectivity index (χ0n) is 17.0. The van der Waals surface area contributed by atoms with Gasteiger partial charge >= 0.3 is 5.97 Å². The molecule has 0 aliphatic heterocycles. The highest BCUT2D eigenvalue weighted by Crippen LogP contribution is 2.36. The number of pyridine rings is 1. The molecule has 0 spiro atoms. The number of nitrogens with zero attached hydrogens (tertiary/aromatic N) is 3. The number of aryl methyl sites for hydroxylation is 1. The Hall–Kier alpha value is -3.15. The van der Waals surface area contributed by atoms with Gasteiger partial charge in [-0.25, -0.2) is 9.78 Å². The molecule has 2 heterocycles. The topological polar surface area (TPSA) is 57.0 Å². The third-order valence-electron chi connectivity index (χ3n) is 4.78. The Morgan fingerprint density at radius 2 is 1.81 bits per heavy atom. The molecule has 5 nitrogen and oxygen atoms in total. The molecule has 0 aliphatic carbocycles. The maximum absolute atomic E-state index is 12.9. The first-order chi connectivity index (χ1) is 15.0. The number of aromatic nitrogens is 3. The van der Waals surface area contributed by atoms with Crippen LogP contribution in [0.4, 0.5) is 0 Å². The molecule has 0 unspecified atom stereocenters. The van der Waals surface area contributed by atoms with Crippen molar-refractivity contribution in [3.63, 3.8) is 0 Å². The average Bonchev–Trinajstić information content (AvgIpc) is 3.17. The zero-order chi connectivity index (χ0) is 22.0. The number of hydrogen-bond acceptors (Lipinski definition) is 4. The Morgan fingerprint density at radius 3 is 2.52 bits per heavy atom. The van der Waals surface area contributed by atoms with Gasteiger partial charge in [0.25, 0.3) is 0 Å². The second kappa shape index (κ2) is 8.92. The smallest absolute Gasteiger partial charge is 0.359 e. The first-order valence-corrected chi connectivity index (χ1v) is 10.5. The van der Waals surface area contributed by atoms with E-state index in [4.69, 9.17) is 32.9 Å². The maximum Gasteiger partial charge on any atom is 0.359 e. The van der Waals surface area contributed by atoms with Gasteiger partial charge in [-0.2, -0.15) is 0 Å². The van der Waals surface area contributed by atoms with Crippen molar-refractivity contribution in [2.24, 2.45) is 0 Å². The van der Waals surface area contributed by atoms with Crippen LogP contribution in [0.15, 0.2) is 67.0 Å². The summed E-state index contributed by atoms with van der Waals surface area (Å²) in [5, 5.41) is 1.12. The number of benzene rings is 2. The molecule has 0 saturated carbocycles. The Kier molecular flexibility index (Phi) is 6.07. The van der Waals surface area contributed by atoms with Crippen LogP contribution in [0.2, 0.25) is 10.0 Å². The van der Waals surface area contributed by atoms with E-state index in [1.807, 2.05) is 54.0 Å². The average molecular weight is 452 g/mol. The Bertz CT molecular complexity index is 1250. The van der Waals surface area contributed by atoms with E-state index in [0.29, 0.717) is 21.6 Å². The Labute approximate surface area is 190 Å². The van der Waals surface area contributed by atoms with Gasteiger partial charge in [0, 0.05) is 33.6 Å². The van der Waals surface area contributed by atoms with Crippen molar-refractivity contribution in [3.8, 4) is 28.3 Å². The lowest BCUT2D eigenvalue weighted by molar-refractivity contribution is 0.0521. The van der Waals surface area contributed by atoms with Crippen LogP contribution in [0.1, 0.15) is 23.0 Å². The van der Waals surface area contributed by atoms with Crippen molar-refractivity contribution in [2.45, 2.75) is 13.8 Å². The van der Waals surface area contributed by atoms with Gasteiger partial charge in [0.2, 0.25) is 0 Å². The number of carbonyl (C=O) groups excluding carboxylic acids is 1. The minimum Gasteiger partial charge on any atom is -0.461 e. The molecule has 2 aromatic carbocycles. The number of ether oxygens (including phenoxy) is 1. The summed E-state index contributed by atoms with van der Waals surface area (Å²) >= 11 is 12.6. The van der Waals surface area contributed by atoms with E-state index >= 15 is 0 Å². The number of carbonyl (C=O) groups is 1. The molecule has 0 saturated heterocycles. The lowest BCUT2D eigenvalue weighted by Gasteiger charge is -2.16. The number of halogens is 2. The van der Waals surface area contributed by atoms with Crippen molar-refractivity contribution in [3.05, 3.63) is 88.3 Å². The first kappa shape index (κ1) is 21.1. The SMILES string of the molecule is CCOC(=O)c1nc(-c2cccnc2)n(-c2cc(Cl)ccc2C)c1-c1cccc(Cl)c1. The fraction of sp³-hybridized carbons (Fsp3) is 0.125. The molecule has 0 radical (unpaired) electrons. The van der Waals surface area contributed by atoms with Crippen molar-refractivity contribution in [2.75, 3.05) is 6.61 Å². The van der Waals surface area contributed by atoms with Gasteiger partial charge in [0.1, 0.15) is 5.82 Å². The fourth-order valence-electron chi connectivity index (χ4n) is 3.41. The Morgan fingerprint density at radius 1 is 1.03 bits per heavy atom. The highest BCUT2D eigenvalue weighted by molar-refractivity contribution is 6.31. The van der Waals surface area contributed by atoms with Crippen LogP contribution in [-0.4, -0.2) is 27.1 Å². The van der Waals surface area contributed by atoms with Crippen LogP contribution in [0.5, 0.6) is 0 Å². The normalized spacial score (nSPS) is 10.8. The summed E-state index contributed by atoms with van der Waals surface area (Å²) in [7, 11) is 0. The molecule has 0 bridgehead atoms. The summed E-state index contributed by atoms with van der Waals surface area (Å²) < 4.78 is 7.24.